The van der Waals surface area contributed by atoms with Crippen LogP contribution in [0.25, 0.3) is 0 Å². The van der Waals surface area contributed by atoms with Crippen molar-refractivity contribution in [3.8, 4) is 11.6 Å². The third kappa shape index (κ3) is 3.44. The van der Waals surface area contributed by atoms with Gasteiger partial charge in [-0.1, -0.05) is 13.0 Å². The minimum Gasteiger partial charge on any atom is -0.436 e. The fraction of sp³-hybridized carbons (Fsp3) is 0.333. The number of ether oxygens (including phenoxy) is 1. The maximum absolute atomic E-state index is 13.7. The number of anilines is 1. The number of hydrogen-bond acceptors (Lipinski definition) is 4. The molecule has 0 saturated heterocycles. The summed E-state index contributed by atoms with van der Waals surface area (Å²) in [4.78, 5) is 8.59. The van der Waals surface area contributed by atoms with Crippen molar-refractivity contribution in [2.24, 2.45) is 0 Å². The second kappa shape index (κ2) is 6.32. The molecular formula is C15H18FN3O. The summed E-state index contributed by atoms with van der Waals surface area (Å²) in [7, 11) is 0. The molecule has 0 fully saturated rings. The Morgan fingerprint density at radius 2 is 2.00 bits per heavy atom. The first-order chi connectivity index (χ1) is 9.62. The predicted octanol–water partition coefficient (Wildman–Crippen LogP) is 3.71. The van der Waals surface area contributed by atoms with Gasteiger partial charge in [-0.05, 0) is 31.5 Å². The molecule has 20 heavy (non-hydrogen) atoms. The molecule has 1 aromatic heterocycles. The summed E-state index contributed by atoms with van der Waals surface area (Å²) in [5, 5.41) is 3.11. The maximum atomic E-state index is 13.7. The molecule has 1 N–H and O–H groups in total. The van der Waals surface area contributed by atoms with Crippen molar-refractivity contribution in [2.75, 3.05) is 11.9 Å². The Kier molecular flexibility index (Phi) is 4.50. The third-order valence-corrected chi connectivity index (χ3v) is 2.72. The second-order valence-corrected chi connectivity index (χ2v) is 4.43. The van der Waals surface area contributed by atoms with Gasteiger partial charge >= 0.3 is 0 Å². The molecule has 0 saturated carbocycles. The average molecular weight is 275 g/mol. The first-order valence-corrected chi connectivity index (χ1v) is 6.68. The number of nitrogens with one attached hydrogen (secondary N) is 1. The SMILES string of the molecule is CCNc1cc(Oc2cc(C)ccc2F)nc(CC)n1. The molecule has 2 aromatic rings. The molecular weight excluding hydrogens is 257 g/mol. The average Bonchev–Trinajstić information content (AvgIpc) is 2.43. The van der Waals surface area contributed by atoms with Crippen LogP contribution in [-0.2, 0) is 6.42 Å². The van der Waals surface area contributed by atoms with E-state index in [1.165, 1.54) is 6.07 Å². The lowest BCUT2D eigenvalue weighted by molar-refractivity contribution is 0.424. The summed E-state index contributed by atoms with van der Waals surface area (Å²) in [6, 6.07) is 6.40. The third-order valence-electron chi connectivity index (χ3n) is 2.72. The van der Waals surface area contributed by atoms with E-state index in [-0.39, 0.29) is 5.75 Å². The molecule has 2 rings (SSSR count). The van der Waals surface area contributed by atoms with Crippen molar-refractivity contribution >= 4 is 5.82 Å². The van der Waals surface area contributed by atoms with E-state index in [0.717, 1.165) is 12.1 Å². The van der Waals surface area contributed by atoms with Gasteiger partial charge in [0.1, 0.15) is 11.6 Å². The van der Waals surface area contributed by atoms with E-state index in [4.69, 9.17) is 4.74 Å². The van der Waals surface area contributed by atoms with Crippen LogP contribution in [0.5, 0.6) is 11.6 Å². The molecule has 1 heterocycles. The number of halogens is 1. The molecule has 0 unspecified atom stereocenters. The van der Waals surface area contributed by atoms with Crippen molar-refractivity contribution in [3.05, 3.63) is 41.5 Å². The lowest BCUT2D eigenvalue weighted by atomic mass is 10.2. The topological polar surface area (TPSA) is 47.0 Å². The van der Waals surface area contributed by atoms with Crippen molar-refractivity contribution in [1.82, 2.24) is 9.97 Å². The van der Waals surface area contributed by atoms with Crippen LogP contribution >= 0.6 is 0 Å². The molecule has 0 radical (unpaired) electrons. The highest BCUT2D eigenvalue weighted by molar-refractivity contribution is 5.40. The second-order valence-electron chi connectivity index (χ2n) is 4.43. The van der Waals surface area contributed by atoms with E-state index in [2.05, 4.69) is 15.3 Å². The summed E-state index contributed by atoms with van der Waals surface area (Å²) in [5.41, 5.74) is 0.929. The highest BCUT2D eigenvalue weighted by Gasteiger charge is 2.09. The molecule has 0 bridgehead atoms. The van der Waals surface area contributed by atoms with Gasteiger partial charge in [0, 0.05) is 19.0 Å². The largest absolute Gasteiger partial charge is 0.436 e. The monoisotopic (exact) mass is 275 g/mol. The number of aryl methyl sites for hydroxylation is 2. The molecule has 1 aromatic carbocycles. The Hall–Kier alpha value is -2.17. The van der Waals surface area contributed by atoms with E-state index in [1.807, 2.05) is 20.8 Å². The fourth-order valence-corrected chi connectivity index (χ4v) is 1.76. The number of aromatic nitrogens is 2. The van der Waals surface area contributed by atoms with Crippen LogP contribution in [-0.4, -0.2) is 16.5 Å². The number of hydrogen-bond donors (Lipinski definition) is 1. The first kappa shape index (κ1) is 14.2. The van der Waals surface area contributed by atoms with E-state index < -0.39 is 5.82 Å². The van der Waals surface area contributed by atoms with Crippen LogP contribution in [0.15, 0.2) is 24.3 Å². The Morgan fingerprint density at radius 1 is 1.20 bits per heavy atom. The zero-order valence-corrected chi connectivity index (χ0v) is 11.9. The van der Waals surface area contributed by atoms with E-state index in [9.17, 15) is 4.39 Å². The number of rotatable bonds is 5. The highest BCUT2D eigenvalue weighted by atomic mass is 19.1. The van der Waals surface area contributed by atoms with Gasteiger partial charge in [-0.2, -0.15) is 4.98 Å². The standard InChI is InChI=1S/C15H18FN3O/c1-4-13-18-14(17-5-2)9-15(19-13)20-12-8-10(3)6-7-11(12)16/h6-9H,4-5H2,1-3H3,(H,17,18,19). The van der Waals surface area contributed by atoms with E-state index in [1.54, 1.807) is 18.2 Å². The smallest absolute Gasteiger partial charge is 0.224 e. The number of benzene rings is 1. The maximum Gasteiger partial charge on any atom is 0.224 e. The summed E-state index contributed by atoms with van der Waals surface area (Å²) in [6.45, 7) is 6.57. The molecule has 0 spiro atoms. The molecule has 4 nitrogen and oxygen atoms in total. The van der Waals surface area contributed by atoms with Gasteiger partial charge in [-0.15, -0.1) is 0 Å². The summed E-state index contributed by atoms with van der Waals surface area (Å²) in [5.74, 6) is 1.46. The lowest BCUT2D eigenvalue weighted by Crippen LogP contribution is -2.04. The van der Waals surface area contributed by atoms with Gasteiger partial charge in [0.15, 0.2) is 11.6 Å². The van der Waals surface area contributed by atoms with Crippen LogP contribution in [0, 0.1) is 12.7 Å². The Balaban J connectivity index is 2.32. The molecule has 0 aliphatic rings. The lowest BCUT2D eigenvalue weighted by Gasteiger charge is -2.10. The molecule has 0 aliphatic carbocycles. The van der Waals surface area contributed by atoms with Crippen LogP contribution in [0.4, 0.5) is 10.2 Å². The Morgan fingerprint density at radius 3 is 2.70 bits per heavy atom. The minimum absolute atomic E-state index is 0.174. The first-order valence-electron chi connectivity index (χ1n) is 6.68. The Bertz CT molecular complexity index is 602. The Labute approximate surface area is 118 Å². The zero-order valence-electron chi connectivity index (χ0n) is 11.9. The normalized spacial score (nSPS) is 10.4. The van der Waals surface area contributed by atoms with Gasteiger partial charge in [0.25, 0.3) is 0 Å². The van der Waals surface area contributed by atoms with Gasteiger partial charge in [0.2, 0.25) is 5.88 Å². The van der Waals surface area contributed by atoms with Crippen LogP contribution in [0.3, 0.4) is 0 Å². The van der Waals surface area contributed by atoms with Crippen molar-refractivity contribution in [1.29, 1.82) is 0 Å². The van der Waals surface area contributed by atoms with Crippen molar-refractivity contribution in [2.45, 2.75) is 27.2 Å². The summed E-state index contributed by atoms with van der Waals surface area (Å²) < 4.78 is 19.3. The number of nitrogens with zero attached hydrogens (tertiary/aromatic N) is 2. The van der Waals surface area contributed by atoms with Crippen molar-refractivity contribution < 1.29 is 9.13 Å². The van der Waals surface area contributed by atoms with Crippen LogP contribution < -0.4 is 10.1 Å². The van der Waals surface area contributed by atoms with Crippen molar-refractivity contribution in [3.63, 3.8) is 0 Å². The zero-order chi connectivity index (χ0) is 14.5. The van der Waals surface area contributed by atoms with Gasteiger partial charge in [-0.3, -0.25) is 0 Å². The summed E-state index contributed by atoms with van der Waals surface area (Å²) >= 11 is 0. The predicted molar refractivity (Wildman–Crippen MR) is 76.8 cm³/mol. The van der Waals surface area contributed by atoms with Crippen LogP contribution in [0.1, 0.15) is 25.2 Å². The molecule has 0 atom stereocenters. The minimum atomic E-state index is -0.405. The summed E-state index contributed by atoms with van der Waals surface area (Å²) in [6.07, 6.45) is 0.686. The van der Waals surface area contributed by atoms with Crippen LogP contribution in [0.2, 0.25) is 0 Å². The molecule has 106 valence electrons. The van der Waals surface area contributed by atoms with E-state index >= 15 is 0 Å². The fourth-order valence-electron chi connectivity index (χ4n) is 1.76. The quantitative estimate of drug-likeness (QED) is 0.903. The highest BCUT2D eigenvalue weighted by Crippen LogP contribution is 2.25. The molecule has 0 amide bonds. The van der Waals surface area contributed by atoms with Gasteiger partial charge < -0.3 is 10.1 Å². The van der Waals surface area contributed by atoms with E-state index in [0.29, 0.717) is 23.9 Å². The molecule has 5 heteroatoms. The van der Waals surface area contributed by atoms with Gasteiger partial charge in [0.05, 0.1) is 0 Å². The van der Waals surface area contributed by atoms with Gasteiger partial charge in [-0.25, -0.2) is 9.37 Å². The molecule has 0 aliphatic heterocycles.